The van der Waals surface area contributed by atoms with Crippen LogP contribution in [0.5, 0.6) is 0 Å². The fourth-order valence-electron chi connectivity index (χ4n) is 4.46. The average molecular weight is 592 g/mol. The van der Waals surface area contributed by atoms with Gasteiger partial charge in [0.25, 0.3) is 5.91 Å². The lowest BCUT2D eigenvalue weighted by atomic mass is 10.1. The van der Waals surface area contributed by atoms with Crippen molar-refractivity contribution >= 4 is 55.9 Å². The number of carbonyl (C=O) groups is 2. The molecular formula is C26H30ClN5O5S2. The van der Waals surface area contributed by atoms with E-state index in [-0.39, 0.29) is 45.4 Å². The van der Waals surface area contributed by atoms with Crippen LogP contribution >= 0.6 is 23.4 Å². The van der Waals surface area contributed by atoms with Gasteiger partial charge in [0.1, 0.15) is 16.1 Å². The lowest BCUT2D eigenvalue weighted by Gasteiger charge is -2.21. The van der Waals surface area contributed by atoms with Gasteiger partial charge in [-0.2, -0.15) is 4.31 Å². The summed E-state index contributed by atoms with van der Waals surface area (Å²) >= 11 is 7.41. The van der Waals surface area contributed by atoms with E-state index in [1.807, 2.05) is 0 Å². The number of hydrogen-bond donors (Lipinski definition) is 3. The molecule has 5 rings (SSSR count). The smallest absolute Gasteiger partial charge is 0.256 e. The number of benzene rings is 1. The maximum absolute atomic E-state index is 13.4. The van der Waals surface area contributed by atoms with Crippen LogP contribution in [0.1, 0.15) is 44.3 Å². The van der Waals surface area contributed by atoms with Gasteiger partial charge in [0.2, 0.25) is 15.9 Å². The van der Waals surface area contributed by atoms with E-state index in [1.165, 1.54) is 28.8 Å². The SMILES string of the molecule is NC1=C(C(=O)NC2CC2)C(=NCc2ccco2)S[C@@H]1C(=O)Nc1cc(S(=O)(=O)N2CCCCCC2)ccc1Cl. The van der Waals surface area contributed by atoms with Crippen molar-refractivity contribution in [2.75, 3.05) is 18.4 Å². The minimum atomic E-state index is -3.75. The van der Waals surface area contributed by atoms with Crippen LogP contribution in [0.3, 0.4) is 0 Å². The Kier molecular flexibility index (Phi) is 8.36. The number of nitrogens with one attached hydrogen (secondary N) is 2. The summed E-state index contributed by atoms with van der Waals surface area (Å²) in [6, 6.07) is 7.86. The number of anilines is 1. The summed E-state index contributed by atoms with van der Waals surface area (Å²) in [5.41, 5.74) is 6.76. The van der Waals surface area contributed by atoms with Gasteiger partial charge >= 0.3 is 0 Å². The van der Waals surface area contributed by atoms with E-state index in [2.05, 4.69) is 15.6 Å². The third kappa shape index (κ3) is 6.34. The first-order valence-corrected chi connectivity index (χ1v) is 15.6. The molecule has 2 aromatic rings. The van der Waals surface area contributed by atoms with Gasteiger partial charge < -0.3 is 20.8 Å². The lowest BCUT2D eigenvalue weighted by molar-refractivity contribution is -0.117. The molecule has 0 radical (unpaired) electrons. The normalized spacial score (nSPS) is 21.7. The number of carbonyl (C=O) groups excluding carboxylic acids is 2. The molecule has 0 bridgehead atoms. The molecule has 0 unspecified atom stereocenters. The van der Waals surface area contributed by atoms with E-state index < -0.39 is 21.2 Å². The monoisotopic (exact) mass is 591 g/mol. The van der Waals surface area contributed by atoms with Crippen LogP contribution in [-0.2, 0) is 26.2 Å². The first-order chi connectivity index (χ1) is 18.7. The van der Waals surface area contributed by atoms with Gasteiger partial charge in [-0.05, 0) is 56.0 Å². The molecule has 13 heteroatoms. The van der Waals surface area contributed by atoms with Gasteiger partial charge in [-0.25, -0.2) is 8.42 Å². The molecule has 0 spiro atoms. The molecule has 2 amide bonds. The Morgan fingerprint density at radius 3 is 2.56 bits per heavy atom. The number of furan rings is 1. The zero-order chi connectivity index (χ0) is 27.6. The predicted molar refractivity (Wildman–Crippen MR) is 151 cm³/mol. The highest BCUT2D eigenvalue weighted by Gasteiger charge is 2.40. The molecule has 1 aromatic heterocycles. The molecule has 2 aliphatic heterocycles. The van der Waals surface area contributed by atoms with Crippen molar-refractivity contribution in [1.29, 1.82) is 0 Å². The largest absolute Gasteiger partial charge is 0.467 e. The minimum absolute atomic E-state index is 0.0527. The second-order valence-electron chi connectivity index (χ2n) is 9.73. The van der Waals surface area contributed by atoms with Gasteiger partial charge in [0, 0.05) is 24.8 Å². The number of hydrogen-bond acceptors (Lipinski definition) is 8. The summed E-state index contributed by atoms with van der Waals surface area (Å²) in [7, 11) is -3.75. The Hall–Kier alpha value is -2.80. The van der Waals surface area contributed by atoms with E-state index in [4.69, 9.17) is 21.8 Å². The Labute approximate surface area is 236 Å². The van der Waals surface area contributed by atoms with Gasteiger partial charge in [0.05, 0.1) is 34.0 Å². The Morgan fingerprint density at radius 1 is 1.15 bits per heavy atom. The van der Waals surface area contributed by atoms with Crippen LogP contribution < -0.4 is 16.4 Å². The first kappa shape index (κ1) is 27.8. The van der Waals surface area contributed by atoms with E-state index in [0.717, 1.165) is 50.3 Å². The fraction of sp³-hybridized carbons (Fsp3) is 0.423. The van der Waals surface area contributed by atoms with Crippen molar-refractivity contribution in [3.63, 3.8) is 0 Å². The Bertz CT molecular complexity index is 1410. The highest BCUT2D eigenvalue weighted by Crippen LogP contribution is 2.36. The molecule has 1 saturated carbocycles. The number of halogens is 1. The third-order valence-corrected chi connectivity index (χ3v) is 10.2. The fourth-order valence-corrected chi connectivity index (χ4v) is 7.27. The first-order valence-electron chi connectivity index (χ1n) is 12.9. The average Bonchev–Trinajstić information content (AvgIpc) is 3.55. The molecule has 1 aliphatic carbocycles. The predicted octanol–water partition coefficient (Wildman–Crippen LogP) is 3.64. The molecule has 1 atom stereocenters. The molecule has 208 valence electrons. The quantitative estimate of drug-likeness (QED) is 0.424. The summed E-state index contributed by atoms with van der Waals surface area (Å²) in [5, 5.41) is 5.19. The molecule has 39 heavy (non-hydrogen) atoms. The van der Waals surface area contributed by atoms with Crippen molar-refractivity contribution in [3.05, 3.63) is 58.6 Å². The molecular weight excluding hydrogens is 562 g/mol. The molecule has 2 fully saturated rings. The van der Waals surface area contributed by atoms with Gasteiger partial charge in [-0.1, -0.05) is 36.2 Å². The lowest BCUT2D eigenvalue weighted by Crippen LogP contribution is -2.33. The third-order valence-electron chi connectivity index (χ3n) is 6.75. The molecule has 3 aliphatic rings. The second-order valence-corrected chi connectivity index (χ2v) is 13.2. The molecule has 1 aromatic carbocycles. The van der Waals surface area contributed by atoms with Crippen molar-refractivity contribution in [3.8, 4) is 0 Å². The minimum Gasteiger partial charge on any atom is -0.467 e. The molecule has 3 heterocycles. The van der Waals surface area contributed by atoms with E-state index in [0.29, 0.717) is 23.9 Å². The maximum atomic E-state index is 13.4. The zero-order valence-corrected chi connectivity index (χ0v) is 23.6. The highest BCUT2D eigenvalue weighted by molar-refractivity contribution is 8.16. The topological polar surface area (TPSA) is 147 Å². The van der Waals surface area contributed by atoms with Crippen molar-refractivity contribution in [2.45, 2.75) is 61.3 Å². The summed E-state index contributed by atoms with van der Waals surface area (Å²) in [4.78, 5) is 31.0. The van der Waals surface area contributed by atoms with Crippen LogP contribution in [-0.4, -0.2) is 54.0 Å². The summed E-state index contributed by atoms with van der Waals surface area (Å²) in [6.07, 6.45) is 6.92. The van der Waals surface area contributed by atoms with E-state index in [1.54, 1.807) is 12.1 Å². The van der Waals surface area contributed by atoms with E-state index >= 15 is 0 Å². The highest BCUT2D eigenvalue weighted by atomic mass is 35.5. The Balaban J connectivity index is 1.37. The number of amides is 2. The van der Waals surface area contributed by atoms with Gasteiger partial charge in [-0.3, -0.25) is 14.6 Å². The van der Waals surface area contributed by atoms with E-state index in [9.17, 15) is 18.0 Å². The number of rotatable bonds is 8. The van der Waals surface area contributed by atoms with Gasteiger partial charge in [0.15, 0.2) is 0 Å². The second kappa shape index (κ2) is 11.7. The molecule has 4 N–H and O–H groups in total. The number of aliphatic imine (C=N–C) groups is 1. The Morgan fingerprint density at radius 2 is 1.90 bits per heavy atom. The van der Waals surface area contributed by atoms with Crippen LogP contribution in [0.4, 0.5) is 5.69 Å². The number of nitrogens with zero attached hydrogens (tertiary/aromatic N) is 2. The van der Waals surface area contributed by atoms with Crippen LogP contribution in [0, 0.1) is 0 Å². The van der Waals surface area contributed by atoms with Crippen molar-refractivity contribution in [1.82, 2.24) is 9.62 Å². The molecule has 1 saturated heterocycles. The number of nitrogens with two attached hydrogens (primary N) is 1. The van der Waals surface area contributed by atoms with Gasteiger partial charge in [-0.15, -0.1) is 0 Å². The summed E-state index contributed by atoms with van der Waals surface area (Å²) in [5.74, 6) is -0.311. The van der Waals surface area contributed by atoms with Crippen LogP contribution in [0.15, 0.2) is 62.2 Å². The summed E-state index contributed by atoms with van der Waals surface area (Å²) < 4.78 is 33.4. The number of sulfonamides is 1. The number of thioether (sulfide) groups is 1. The van der Waals surface area contributed by atoms with Crippen molar-refractivity contribution < 1.29 is 22.4 Å². The van der Waals surface area contributed by atoms with Crippen molar-refractivity contribution in [2.24, 2.45) is 10.7 Å². The van der Waals surface area contributed by atoms with Crippen LogP contribution in [0.25, 0.3) is 0 Å². The van der Waals surface area contributed by atoms with Crippen LogP contribution in [0.2, 0.25) is 5.02 Å². The standard InChI is InChI=1S/C26H30ClN5O5S2/c27-19-10-9-18(39(35,36)32-11-3-1-2-4-12-32)14-20(19)31-25(34)23-22(28)21(24(33)30-16-7-8-16)26(38-23)29-15-17-6-5-13-37-17/h5-6,9-10,13-14,16,23H,1-4,7-8,11-12,15,28H2,(H,30,33)(H,31,34)/t23-/m0/s1. The molecule has 10 nitrogen and oxygen atoms in total. The maximum Gasteiger partial charge on any atom is 0.256 e. The zero-order valence-electron chi connectivity index (χ0n) is 21.2. The summed E-state index contributed by atoms with van der Waals surface area (Å²) in [6.45, 7) is 1.09.